The zero-order valence-corrected chi connectivity index (χ0v) is 10.9. The largest absolute Gasteiger partial charge is 0.399 e. The molecule has 2 N–H and O–H groups in total. The molecule has 0 radical (unpaired) electrons. The van der Waals surface area contributed by atoms with Gasteiger partial charge < -0.3 is 5.73 Å². The normalized spacial score (nSPS) is 17.6. The van der Waals surface area contributed by atoms with Gasteiger partial charge in [-0.2, -0.15) is 4.31 Å². The Morgan fingerprint density at radius 3 is 2.61 bits per heavy atom. The fourth-order valence-corrected chi connectivity index (χ4v) is 3.30. The maximum absolute atomic E-state index is 13.2. The standard InChI is InChI=1S/C12H15FN2O2S/c1-9-2-4-15(5-3-9)18(16,17)12-7-10(13)6-11(14)8-12/h2,6-8H,3-5,14H2,1H3. The van der Waals surface area contributed by atoms with Crippen LogP contribution in [0, 0.1) is 5.82 Å². The van der Waals surface area contributed by atoms with Crippen LogP contribution in [0.4, 0.5) is 10.1 Å². The van der Waals surface area contributed by atoms with Crippen LogP contribution in [0.3, 0.4) is 0 Å². The van der Waals surface area contributed by atoms with Gasteiger partial charge in [0.15, 0.2) is 0 Å². The molecule has 1 aliphatic rings. The van der Waals surface area contributed by atoms with Crippen LogP contribution >= 0.6 is 0 Å². The lowest BCUT2D eigenvalue weighted by atomic mass is 10.1. The van der Waals surface area contributed by atoms with Gasteiger partial charge in [0.25, 0.3) is 0 Å². The zero-order valence-electron chi connectivity index (χ0n) is 10.1. The van der Waals surface area contributed by atoms with Crippen molar-refractivity contribution in [1.82, 2.24) is 4.31 Å². The summed E-state index contributed by atoms with van der Waals surface area (Å²) in [5.41, 5.74) is 6.75. The molecule has 0 unspecified atom stereocenters. The third kappa shape index (κ3) is 2.54. The molecule has 0 amide bonds. The van der Waals surface area contributed by atoms with E-state index < -0.39 is 15.8 Å². The molecule has 0 atom stereocenters. The van der Waals surface area contributed by atoms with Gasteiger partial charge >= 0.3 is 0 Å². The average molecular weight is 270 g/mol. The molecule has 0 spiro atoms. The Morgan fingerprint density at radius 1 is 1.33 bits per heavy atom. The molecule has 1 aliphatic heterocycles. The van der Waals surface area contributed by atoms with Gasteiger partial charge in [0.05, 0.1) is 4.90 Å². The highest BCUT2D eigenvalue weighted by Crippen LogP contribution is 2.22. The minimum absolute atomic E-state index is 0.0899. The predicted molar refractivity (Wildman–Crippen MR) is 67.9 cm³/mol. The molecule has 6 heteroatoms. The van der Waals surface area contributed by atoms with Crippen LogP contribution in [0.2, 0.25) is 0 Å². The van der Waals surface area contributed by atoms with Crippen molar-refractivity contribution in [3.8, 4) is 0 Å². The van der Waals surface area contributed by atoms with Gasteiger partial charge in [0, 0.05) is 18.8 Å². The van der Waals surface area contributed by atoms with E-state index in [1.165, 1.54) is 15.9 Å². The van der Waals surface area contributed by atoms with Crippen LogP contribution in [-0.4, -0.2) is 25.8 Å². The molecule has 98 valence electrons. The van der Waals surface area contributed by atoms with Crippen molar-refractivity contribution in [2.75, 3.05) is 18.8 Å². The van der Waals surface area contributed by atoms with Crippen molar-refractivity contribution < 1.29 is 12.8 Å². The summed E-state index contributed by atoms with van der Waals surface area (Å²) in [5, 5.41) is 0. The van der Waals surface area contributed by atoms with Crippen molar-refractivity contribution in [3.05, 3.63) is 35.7 Å². The van der Waals surface area contributed by atoms with Crippen molar-refractivity contribution in [2.24, 2.45) is 0 Å². The van der Waals surface area contributed by atoms with E-state index in [1.807, 2.05) is 13.0 Å². The second-order valence-corrected chi connectivity index (χ2v) is 6.32. The number of anilines is 1. The summed E-state index contributed by atoms with van der Waals surface area (Å²) in [7, 11) is -3.66. The van der Waals surface area contributed by atoms with E-state index in [2.05, 4.69) is 0 Å². The second-order valence-electron chi connectivity index (χ2n) is 4.38. The van der Waals surface area contributed by atoms with E-state index in [1.54, 1.807) is 0 Å². The number of benzene rings is 1. The van der Waals surface area contributed by atoms with Crippen molar-refractivity contribution in [2.45, 2.75) is 18.2 Å². The highest BCUT2D eigenvalue weighted by Gasteiger charge is 2.26. The van der Waals surface area contributed by atoms with E-state index >= 15 is 0 Å². The highest BCUT2D eigenvalue weighted by molar-refractivity contribution is 7.89. The highest BCUT2D eigenvalue weighted by atomic mass is 32.2. The number of nitrogen functional groups attached to an aromatic ring is 1. The van der Waals surface area contributed by atoms with Gasteiger partial charge in [-0.3, -0.25) is 0 Å². The Labute approximate surface area is 106 Å². The third-order valence-corrected chi connectivity index (χ3v) is 4.77. The fraction of sp³-hybridized carbons (Fsp3) is 0.333. The lowest BCUT2D eigenvalue weighted by molar-refractivity contribution is 0.431. The van der Waals surface area contributed by atoms with E-state index in [9.17, 15) is 12.8 Å². The molecule has 1 aromatic carbocycles. The van der Waals surface area contributed by atoms with Crippen LogP contribution in [0.25, 0.3) is 0 Å². The molecule has 0 aromatic heterocycles. The molecule has 0 fully saturated rings. The molecule has 0 aliphatic carbocycles. The smallest absolute Gasteiger partial charge is 0.243 e. The summed E-state index contributed by atoms with van der Waals surface area (Å²) < 4.78 is 39.1. The molecular formula is C12H15FN2O2S. The molecule has 0 saturated heterocycles. The molecular weight excluding hydrogens is 255 g/mol. The quantitative estimate of drug-likeness (QED) is 0.658. The van der Waals surface area contributed by atoms with Crippen LogP contribution in [0.1, 0.15) is 13.3 Å². The minimum atomic E-state index is -3.66. The topological polar surface area (TPSA) is 63.4 Å². The Bertz CT molecular complexity index is 576. The SMILES string of the molecule is CC1=CCN(S(=O)(=O)c2cc(N)cc(F)c2)CC1. The van der Waals surface area contributed by atoms with E-state index in [0.717, 1.165) is 12.1 Å². The lowest BCUT2D eigenvalue weighted by Crippen LogP contribution is -2.34. The number of nitrogens with zero attached hydrogens (tertiary/aromatic N) is 1. The molecule has 18 heavy (non-hydrogen) atoms. The Morgan fingerprint density at radius 2 is 2.06 bits per heavy atom. The maximum atomic E-state index is 13.2. The minimum Gasteiger partial charge on any atom is -0.399 e. The summed E-state index contributed by atoms with van der Waals surface area (Å²) in [6, 6.07) is 3.37. The van der Waals surface area contributed by atoms with E-state index in [-0.39, 0.29) is 10.6 Å². The number of nitrogens with two attached hydrogens (primary N) is 1. The van der Waals surface area contributed by atoms with Gasteiger partial charge in [-0.1, -0.05) is 11.6 Å². The first-order valence-corrected chi connectivity index (χ1v) is 7.05. The van der Waals surface area contributed by atoms with Crippen molar-refractivity contribution >= 4 is 15.7 Å². The first kappa shape index (κ1) is 13.0. The lowest BCUT2D eigenvalue weighted by Gasteiger charge is -2.24. The number of halogens is 1. The maximum Gasteiger partial charge on any atom is 0.243 e. The van der Waals surface area contributed by atoms with Gasteiger partial charge in [0.1, 0.15) is 5.82 Å². The summed E-state index contributed by atoms with van der Waals surface area (Å²) in [4.78, 5) is -0.0899. The van der Waals surface area contributed by atoms with Gasteiger partial charge in [-0.15, -0.1) is 0 Å². The Kier molecular flexibility index (Phi) is 3.41. The van der Waals surface area contributed by atoms with E-state index in [4.69, 9.17) is 5.73 Å². The van der Waals surface area contributed by atoms with Crippen LogP contribution < -0.4 is 5.73 Å². The number of rotatable bonds is 2. The predicted octanol–water partition coefficient (Wildman–Crippen LogP) is 1.75. The fourth-order valence-electron chi connectivity index (χ4n) is 1.85. The number of sulfonamides is 1. The molecule has 2 rings (SSSR count). The molecule has 0 bridgehead atoms. The van der Waals surface area contributed by atoms with Crippen molar-refractivity contribution in [3.63, 3.8) is 0 Å². The van der Waals surface area contributed by atoms with Crippen LogP contribution in [0.15, 0.2) is 34.7 Å². The van der Waals surface area contributed by atoms with Crippen LogP contribution in [0.5, 0.6) is 0 Å². The number of hydrogen-bond donors (Lipinski definition) is 1. The molecule has 1 heterocycles. The first-order chi connectivity index (χ1) is 8.39. The summed E-state index contributed by atoms with van der Waals surface area (Å²) in [6.07, 6.45) is 2.56. The van der Waals surface area contributed by atoms with Crippen molar-refractivity contribution in [1.29, 1.82) is 0 Å². The molecule has 1 aromatic rings. The van der Waals surface area contributed by atoms with Crippen LogP contribution in [-0.2, 0) is 10.0 Å². The third-order valence-electron chi connectivity index (χ3n) is 2.93. The number of hydrogen-bond acceptors (Lipinski definition) is 3. The van der Waals surface area contributed by atoms with E-state index in [0.29, 0.717) is 19.5 Å². The summed E-state index contributed by atoms with van der Waals surface area (Å²) >= 11 is 0. The Balaban J connectivity index is 2.36. The molecule has 0 saturated carbocycles. The molecule has 4 nitrogen and oxygen atoms in total. The Hall–Kier alpha value is -1.40. The monoisotopic (exact) mass is 270 g/mol. The van der Waals surface area contributed by atoms with Gasteiger partial charge in [0.2, 0.25) is 10.0 Å². The summed E-state index contributed by atoms with van der Waals surface area (Å²) in [6.45, 7) is 2.70. The zero-order chi connectivity index (χ0) is 13.3. The summed E-state index contributed by atoms with van der Waals surface area (Å²) in [5.74, 6) is -0.641. The van der Waals surface area contributed by atoms with Gasteiger partial charge in [-0.25, -0.2) is 12.8 Å². The van der Waals surface area contributed by atoms with Gasteiger partial charge in [-0.05, 0) is 31.5 Å². The second kappa shape index (κ2) is 4.70. The first-order valence-electron chi connectivity index (χ1n) is 5.61. The average Bonchev–Trinajstić information content (AvgIpc) is 2.28.